The Morgan fingerprint density at radius 1 is 0.931 bits per heavy atom. The fourth-order valence-corrected chi connectivity index (χ4v) is 4.60. The molecule has 0 saturated heterocycles. The molecule has 1 unspecified atom stereocenters. The van der Waals surface area contributed by atoms with E-state index < -0.39 is 0 Å². The van der Waals surface area contributed by atoms with Gasteiger partial charge in [0.25, 0.3) is 0 Å². The van der Waals surface area contributed by atoms with Crippen molar-refractivity contribution in [3.63, 3.8) is 0 Å². The minimum absolute atomic E-state index is 0.288. The van der Waals surface area contributed by atoms with Gasteiger partial charge in [-0.25, -0.2) is 4.39 Å². The van der Waals surface area contributed by atoms with Gasteiger partial charge in [0.05, 0.1) is 5.02 Å². The van der Waals surface area contributed by atoms with Crippen LogP contribution >= 0.6 is 11.6 Å². The maximum atomic E-state index is 14.9. The van der Waals surface area contributed by atoms with Crippen LogP contribution in [0, 0.1) is 11.7 Å². The SMILES string of the molecule is CCCCCc1ccc(-c2ccc(C3=CCC(CCCC)CC3)cc2)c(F)c1Cl. The summed E-state index contributed by atoms with van der Waals surface area (Å²) in [5.74, 6) is 0.564. The first-order valence-electron chi connectivity index (χ1n) is 11.4. The molecule has 2 heteroatoms. The largest absolute Gasteiger partial charge is 0.205 e. The van der Waals surface area contributed by atoms with Crippen molar-refractivity contribution in [1.29, 1.82) is 0 Å². The van der Waals surface area contributed by atoms with E-state index in [1.165, 1.54) is 43.2 Å². The van der Waals surface area contributed by atoms with Crippen molar-refractivity contribution in [2.75, 3.05) is 0 Å². The minimum Gasteiger partial charge on any atom is -0.205 e. The van der Waals surface area contributed by atoms with Crippen molar-refractivity contribution < 1.29 is 4.39 Å². The second-order valence-corrected chi connectivity index (χ2v) is 8.82. The number of halogens is 2. The molecular weight excluding hydrogens is 379 g/mol. The van der Waals surface area contributed by atoms with E-state index in [4.69, 9.17) is 11.6 Å². The van der Waals surface area contributed by atoms with Crippen LogP contribution < -0.4 is 0 Å². The molecule has 0 aromatic heterocycles. The molecule has 1 atom stereocenters. The van der Waals surface area contributed by atoms with Crippen LogP contribution in [0.25, 0.3) is 16.7 Å². The summed E-state index contributed by atoms with van der Waals surface area (Å²) in [6.45, 7) is 4.44. The number of rotatable bonds is 9. The van der Waals surface area contributed by atoms with Gasteiger partial charge < -0.3 is 0 Å². The molecule has 2 aromatic carbocycles. The van der Waals surface area contributed by atoms with Crippen LogP contribution in [0.4, 0.5) is 4.39 Å². The van der Waals surface area contributed by atoms with Gasteiger partial charge in [0, 0.05) is 5.56 Å². The van der Waals surface area contributed by atoms with E-state index in [1.807, 2.05) is 24.3 Å². The number of unbranched alkanes of at least 4 members (excludes halogenated alkanes) is 3. The zero-order valence-corrected chi connectivity index (χ0v) is 18.7. The number of aryl methyl sites for hydroxylation is 1. The molecule has 0 spiro atoms. The summed E-state index contributed by atoms with van der Waals surface area (Å²) in [5.41, 5.74) is 5.12. The highest BCUT2D eigenvalue weighted by Gasteiger charge is 2.16. The molecule has 1 aliphatic carbocycles. The first-order chi connectivity index (χ1) is 14.1. The lowest BCUT2D eigenvalue weighted by atomic mass is 9.84. The molecule has 0 nitrogen and oxygen atoms in total. The van der Waals surface area contributed by atoms with Crippen LogP contribution in [-0.2, 0) is 6.42 Å². The Bertz CT molecular complexity index is 819. The molecule has 1 aliphatic rings. The standard InChI is InChI=1S/C27H34ClF/c1-3-5-7-9-24-18-19-25(27(29)26(24)28)23-16-14-22(15-17-23)21-12-10-20(11-13-21)8-6-4-2/h12,14-20H,3-11,13H2,1-2H3. The molecule has 0 heterocycles. The second kappa shape index (κ2) is 11.0. The summed E-state index contributed by atoms with van der Waals surface area (Å²) in [5, 5.41) is 0.288. The van der Waals surface area contributed by atoms with Crippen LogP contribution in [0.3, 0.4) is 0 Å². The zero-order valence-electron chi connectivity index (χ0n) is 17.9. The molecular formula is C27H34ClF. The quantitative estimate of drug-likeness (QED) is 0.360. The van der Waals surface area contributed by atoms with Crippen molar-refractivity contribution >= 4 is 17.2 Å². The van der Waals surface area contributed by atoms with Crippen molar-refractivity contribution in [3.05, 3.63) is 64.4 Å². The Morgan fingerprint density at radius 3 is 2.31 bits per heavy atom. The summed E-state index contributed by atoms with van der Waals surface area (Å²) in [7, 11) is 0. The molecule has 0 radical (unpaired) electrons. The Balaban J connectivity index is 1.70. The van der Waals surface area contributed by atoms with Crippen LogP contribution in [0.2, 0.25) is 5.02 Å². The first-order valence-corrected chi connectivity index (χ1v) is 11.8. The molecule has 0 amide bonds. The monoisotopic (exact) mass is 412 g/mol. The average Bonchev–Trinajstić information content (AvgIpc) is 2.76. The predicted molar refractivity (Wildman–Crippen MR) is 125 cm³/mol. The van der Waals surface area contributed by atoms with E-state index in [2.05, 4.69) is 32.1 Å². The zero-order chi connectivity index (χ0) is 20.6. The summed E-state index contributed by atoms with van der Waals surface area (Å²) in [6, 6.07) is 12.2. The molecule has 156 valence electrons. The van der Waals surface area contributed by atoms with Crippen LogP contribution in [0.5, 0.6) is 0 Å². The smallest absolute Gasteiger partial charge is 0.149 e. The molecule has 0 saturated carbocycles. The van der Waals surface area contributed by atoms with Crippen molar-refractivity contribution in [2.24, 2.45) is 5.92 Å². The number of hydrogen-bond donors (Lipinski definition) is 0. The highest BCUT2D eigenvalue weighted by molar-refractivity contribution is 6.31. The fourth-order valence-electron chi connectivity index (χ4n) is 4.34. The van der Waals surface area contributed by atoms with E-state index >= 15 is 0 Å². The summed E-state index contributed by atoms with van der Waals surface area (Å²) >= 11 is 6.35. The van der Waals surface area contributed by atoms with Crippen molar-refractivity contribution in [2.45, 2.75) is 78.1 Å². The molecule has 0 bridgehead atoms. The lowest BCUT2D eigenvalue weighted by molar-refractivity contribution is 0.434. The van der Waals surface area contributed by atoms with Gasteiger partial charge in [0.1, 0.15) is 5.82 Å². The highest BCUT2D eigenvalue weighted by Crippen LogP contribution is 2.35. The lowest BCUT2D eigenvalue weighted by Gasteiger charge is -2.22. The van der Waals surface area contributed by atoms with E-state index in [9.17, 15) is 4.39 Å². The van der Waals surface area contributed by atoms with Crippen LogP contribution in [-0.4, -0.2) is 0 Å². The van der Waals surface area contributed by atoms with Gasteiger partial charge in [0.15, 0.2) is 0 Å². The lowest BCUT2D eigenvalue weighted by Crippen LogP contribution is -2.05. The molecule has 0 fully saturated rings. The van der Waals surface area contributed by atoms with Gasteiger partial charge in [-0.3, -0.25) is 0 Å². The van der Waals surface area contributed by atoms with E-state index in [0.29, 0.717) is 5.56 Å². The average molecular weight is 413 g/mol. The van der Waals surface area contributed by atoms with Crippen LogP contribution in [0.15, 0.2) is 42.5 Å². The van der Waals surface area contributed by atoms with Gasteiger partial charge in [-0.05, 0) is 60.3 Å². The first kappa shape index (κ1) is 22.1. The Morgan fingerprint density at radius 2 is 1.66 bits per heavy atom. The third kappa shape index (κ3) is 5.72. The Hall–Kier alpha value is -1.60. The van der Waals surface area contributed by atoms with Gasteiger partial charge >= 0.3 is 0 Å². The third-order valence-electron chi connectivity index (χ3n) is 6.26. The fraction of sp³-hybridized carbons (Fsp3) is 0.481. The van der Waals surface area contributed by atoms with Gasteiger partial charge in [-0.1, -0.05) is 100 Å². The van der Waals surface area contributed by atoms with Gasteiger partial charge in [-0.2, -0.15) is 0 Å². The third-order valence-corrected chi connectivity index (χ3v) is 6.67. The van der Waals surface area contributed by atoms with E-state index in [0.717, 1.165) is 49.1 Å². The predicted octanol–water partition coefficient (Wildman–Crippen LogP) is 9.25. The van der Waals surface area contributed by atoms with Crippen molar-refractivity contribution in [1.82, 2.24) is 0 Å². The summed E-state index contributed by atoms with van der Waals surface area (Å²) in [6.07, 6.45) is 14.2. The molecule has 3 rings (SSSR count). The summed E-state index contributed by atoms with van der Waals surface area (Å²) in [4.78, 5) is 0. The van der Waals surface area contributed by atoms with E-state index in [1.54, 1.807) is 0 Å². The highest BCUT2D eigenvalue weighted by atomic mass is 35.5. The maximum absolute atomic E-state index is 14.9. The summed E-state index contributed by atoms with van der Waals surface area (Å²) < 4.78 is 14.9. The van der Waals surface area contributed by atoms with E-state index in [-0.39, 0.29) is 10.8 Å². The topological polar surface area (TPSA) is 0 Å². The maximum Gasteiger partial charge on any atom is 0.149 e. The minimum atomic E-state index is -0.288. The van der Waals surface area contributed by atoms with Crippen molar-refractivity contribution in [3.8, 4) is 11.1 Å². The molecule has 0 aliphatic heterocycles. The number of allylic oxidation sites excluding steroid dienone is 2. The number of benzene rings is 2. The van der Waals surface area contributed by atoms with Gasteiger partial charge in [0.2, 0.25) is 0 Å². The normalized spacial score (nSPS) is 16.7. The molecule has 0 N–H and O–H groups in total. The second-order valence-electron chi connectivity index (χ2n) is 8.45. The Labute approximate surface area is 181 Å². The molecule has 2 aromatic rings. The van der Waals surface area contributed by atoms with Gasteiger partial charge in [-0.15, -0.1) is 0 Å². The van der Waals surface area contributed by atoms with Crippen LogP contribution in [0.1, 0.15) is 82.8 Å². The Kier molecular flexibility index (Phi) is 8.36. The molecule has 29 heavy (non-hydrogen) atoms. The number of hydrogen-bond acceptors (Lipinski definition) is 0.